The van der Waals surface area contributed by atoms with Gasteiger partial charge in [0.1, 0.15) is 5.75 Å². The molecule has 1 saturated heterocycles. The molecule has 1 aliphatic heterocycles. The van der Waals surface area contributed by atoms with Crippen LogP contribution in [0, 0.1) is 0 Å². The molecule has 1 aromatic rings. The number of Topliss-reactive ketones (excluding diaryl/α,β-unsaturated/α-hetero) is 1. The average Bonchev–Trinajstić information content (AvgIpc) is 2.83. The molecule has 0 amide bonds. The van der Waals surface area contributed by atoms with Crippen LogP contribution in [0.4, 0.5) is 0 Å². The number of methoxy groups -OCH3 is 1. The first-order chi connectivity index (χ1) is 7.79. The van der Waals surface area contributed by atoms with Gasteiger partial charge >= 0.3 is 0 Å². The molecule has 1 unspecified atom stereocenters. The van der Waals surface area contributed by atoms with Crippen molar-refractivity contribution < 1.29 is 9.53 Å². The van der Waals surface area contributed by atoms with Gasteiger partial charge in [0, 0.05) is 6.42 Å². The van der Waals surface area contributed by atoms with E-state index in [0.29, 0.717) is 12.2 Å². The molecular weight excluding hydrogens is 202 g/mol. The highest BCUT2D eigenvalue weighted by Gasteiger charge is 2.21. The molecule has 1 aliphatic rings. The second-order valence-electron chi connectivity index (χ2n) is 4.14. The molecular formula is C13H17NO2. The van der Waals surface area contributed by atoms with Gasteiger partial charge in [0.2, 0.25) is 0 Å². The van der Waals surface area contributed by atoms with E-state index >= 15 is 0 Å². The minimum absolute atomic E-state index is 0.0714. The fourth-order valence-electron chi connectivity index (χ4n) is 2.03. The van der Waals surface area contributed by atoms with Gasteiger partial charge in [-0.2, -0.15) is 0 Å². The molecule has 0 saturated carbocycles. The van der Waals surface area contributed by atoms with E-state index in [4.69, 9.17) is 4.74 Å². The van der Waals surface area contributed by atoms with Crippen LogP contribution in [-0.2, 0) is 11.2 Å². The van der Waals surface area contributed by atoms with E-state index in [1.165, 1.54) is 0 Å². The van der Waals surface area contributed by atoms with Gasteiger partial charge in [-0.3, -0.25) is 4.79 Å². The fraction of sp³-hybridized carbons (Fsp3) is 0.462. The fourth-order valence-corrected chi connectivity index (χ4v) is 2.03. The lowest BCUT2D eigenvalue weighted by molar-refractivity contribution is -0.120. The van der Waals surface area contributed by atoms with Gasteiger partial charge in [-0.05, 0) is 37.1 Å². The maximum Gasteiger partial charge on any atom is 0.154 e. The Morgan fingerprint density at radius 2 is 2.19 bits per heavy atom. The first-order valence-corrected chi connectivity index (χ1v) is 5.68. The molecule has 0 bridgehead atoms. The summed E-state index contributed by atoms with van der Waals surface area (Å²) in [7, 11) is 1.64. The first-order valence-electron chi connectivity index (χ1n) is 5.68. The third kappa shape index (κ3) is 2.61. The maximum absolute atomic E-state index is 11.9. The molecule has 2 rings (SSSR count). The first kappa shape index (κ1) is 11.1. The summed E-state index contributed by atoms with van der Waals surface area (Å²) in [5.74, 6) is 1.12. The molecule has 1 atom stereocenters. The quantitative estimate of drug-likeness (QED) is 0.835. The number of nitrogens with one attached hydrogen (secondary N) is 1. The second-order valence-corrected chi connectivity index (χ2v) is 4.14. The van der Waals surface area contributed by atoms with Crippen LogP contribution in [-0.4, -0.2) is 25.5 Å². The van der Waals surface area contributed by atoms with Crippen molar-refractivity contribution in [1.29, 1.82) is 0 Å². The Labute approximate surface area is 95.8 Å². The normalized spacial score (nSPS) is 19.7. The van der Waals surface area contributed by atoms with Crippen molar-refractivity contribution in [3.63, 3.8) is 0 Å². The van der Waals surface area contributed by atoms with Crippen molar-refractivity contribution in [3.05, 3.63) is 29.8 Å². The van der Waals surface area contributed by atoms with Gasteiger partial charge in [0.25, 0.3) is 0 Å². The summed E-state index contributed by atoms with van der Waals surface area (Å²) in [6.45, 7) is 0.971. The van der Waals surface area contributed by atoms with Gasteiger partial charge in [-0.25, -0.2) is 0 Å². The number of ether oxygens (including phenoxy) is 1. The Hall–Kier alpha value is -1.35. The lowest BCUT2D eigenvalue weighted by Crippen LogP contribution is -2.31. The molecule has 3 nitrogen and oxygen atoms in total. The molecule has 3 heteroatoms. The number of carbonyl (C=O) groups excluding carboxylic acids is 1. The maximum atomic E-state index is 11.9. The van der Waals surface area contributed by atoms with Crippen LogP contribution in [0.2, 0.25) is 0 Å². The number of benzene rings is 1. The van der Waals surface area contributed by atoms with E-state index in [-0.39, 0.29) is 6.04 Å². The van der Waals surface area contributed by atoms with Crippen LogP contribution in [0.25, 0.3) is 0 Å². The molecule has 1 aromatic carbocycles. The summed E-state index contributed by atoms with van der Waals surface area (Å²) < 4.78 is 5.08. The summed E-state index contributed by atoms with van der Waals surface area (Å²) >= 11 is 0. The van der Waals surface area contributed by atoms with E-state index < -0.39 is 0 Å². The van der Waals surface area contributed by atoms with Crippen LogP contribution in [0.1, 0.15) is 18.4 Å². The van der Waals surface area contributed by atoms with Crippen molar-refractivity contribution in [2.75, 3.05) is 13.7 Å². The van der Waals surface area contributed by atoms with E-state index in [9.17, 15) is 4.79 Å². The summed E-state index contributed by atoms with van der Waals surface area (Å²) in [6, 6.07) is 7.76. The van der Waals surface area contributed by atoms with Crippen molar-refractivity contribution in [2.24, 2.45) is 0 Å². The Morgan fingerprint density at radius 1 is 1.44 bits per heavy atom. The highest BCUT2D eigenvalue weighted by Crippen LogP contribution is 2.14. The van der Waals surface area contributed by atoms with E-state index in [1.807, 2.05) is 24.3 Å². The van der Waals surface area contributed by atoms with Crippen LogP contribution < -0.4 is 10.1 Å². The highest BCUT2D eigenvalue weighted by atomic mass is 16.5. The lowest BCUT2D eigenvalue weighted by Gasteiger charge is -2.09. The average molecular weight is 219 g/mol. The standard InChI is InChI=1S/C13H17NO2/c1-16-11-6-4-10(5-7-11)9-13(15)12-3-2-8-14-12/h4-7,12,14H,2-3,8-9H2,1H3. The number of hydrogen-bond acceptors (Lipinski definition) is 3. The zero-order valence-corrected chi connectivity index (χ0v) is 9.53. The lowest BCUT2D eigenvalue weighted by atomic mass is 10.0. The van der Waals surface area contributed by atoms with Crippen molar-refractivity contribution >= 4 is 5.78 Å². The second kappa shape index (κ2) is 5.12. The number of hydrogen-bond donors (Lipinski definition) is 1. The van der Waals surface area contributed by atoms with Crippen LogP contribution >= 0.6 is 0 Å². The predicted octanol–water partition coefficient (Wildman–Crippen LogP) is 1.56. The molecule has 0 aliphatic carbocycles. The number of rotatable bonds is 4. The smallest absolute Gasteiger partial charge is 0.154 e. The predicted molar refractivity (Wildman–Crippen MR) is 62.7 cm³/mol. The Morgan fingerprint density at radius 3 is 2.75 bits per heavy atom. The number of carbonyl (C=O) groups is 1. The largest absolute Gasteiger partial charge is 0.497 e. The monoisotopic (exact) mass is 219 g/mol. The Kier molecular flexibility index (Phi) is 3.57. The Balaban J connectivity index is 1.94. The van der Waals surface area contributed by atoms with Gasteiger partial charge < -0.3 is 10.1 Å². The third-order valence-electron chi connectivity index (χ3n) is 2.99. The van der Waals surface area contributed by atoms with E-state index in [1.54, 1.807) is 7.11 Å². The van der Waals surface area contributed by atoms with Crippen LogP contribution in [0.5, 0.6) is 5.75 Å². The molecule has 1 heterocycles. The number of ketones is 1. The van der Waals surface area contributed by atoms with Crippen molar-refractivity contribution in [1.82, 2.24) is 5.32 Å². The minimum atomic E-state index is 0.0714. The topological polar surface area (TPSA) is 38.3 Å². The van der Waals surface area contributed by atoms with Crippen LogP contribution in [0.15, 0.2) is 24.3 Å². The van der Waals surface area contributed by atoms with Gasteiger partial charge in [0.15, 0.2) is 5.78 Å². The van der Waals surface area contributed by atoms with Gasteiger partial charge in [-0.1, -0.05) is 12.1 Å². The molecule has 16 heavy (non-hydrogen) atoms. The molecule has 0 aromatic heterocycles. The van der Waals surface area contributed by atoms with Gasteiger partial charge in [-0.15, -0.1) is 0 Å². The van der Waals surface area contributed by atoms with Crippen molar-refractivity contribution in [3.8, 4) is 5.75 Å². The summed E-state index contributed by atoms with van der Waals surface area (Å²) in [6.07, 6.45) is 2.61. The third-order valence-corrected chi connectivity index (χ3v) is 2.99. The summed E-state index contributed by atoms with van der Waals surface area (Å²) in [5.41, 5.74) is 1.06. The summed E-state index contributed by atoms with van der Waals surface area (Å²) in [5, 5.41) is 3.22. The molecule has 0 radical (unpaired) electrons. The summed E-state index contributed by atoms with van der Waals surface area (Å²) in [4.78, 5) is 11.9. The van der Waals surface area contributed by atoms with Crippen LogP contribution in [0.3, 0.4) is 0 Å². The highest BCUT2D eigenvalue weighted by molar-refractivity contribution is 5.86. The zero-order chi connectivity index (χ0) is 11.4. The molecule has 1 fully saturated rings. The van der Waals surface area contributed by atoms with Crippen molar-refractivity contribution in [2.45, 2.75) is 25.3 Å². The van der Waals surface area contributed by atoms with E-state index in [2.05, 4.69) is 5.32 Å². The van der Waals surface area contributed by atoms with E-state index in [0.717, 1.165) is 30.7 Å². The van der Waals surface area contributed by atoms with Gasteiger partial charge in [0.05, 0.1) is 13.2 Å². The minimum Gasteiger partial charge on any atom is -0.497 e. The molecule has 0 spiro atoms. The molecule has 1 N–H and O–H groups in total. The molecule has 86 valence electrons. The Bertz CT molecular complexity index is 353. The zero-order valence-electron chi connectivity index (χ0n) is 9.53. The SMILES string of the molecule is COc1ccc(CC(=O)C2CCCN2)cc1.